The molecule has 190 valence electrons. The number of hydrogen-bond acceptors (Lipinski definition) is 3. The largest absolute Gasteiger partial charge is 0.417 e. The molecule has 1 amide bonds. The van der Waals surface area contributed by atoms with Crippen LogP contribution in [0.4, 0.5) is 18.9 Å². The molecule has 0 radical (unpaired) electrons. The topological polar surface area (TPSA) is 45.2 Å². The van der Waals surface area contributed by atoms with Gasteiger partial charge in [-0.3, -0.25) is 14.7 Å². The molecular weight excluding hydrogens is 499 g/mol. The number of fused-ring (bicyclic) bond motifs is 1. The van der Waals surface area contributed by atoms with Crippen molar-refractivity contribution in [3.05, 3.63) is 95.1 Å². The van der Waals surface area contributed by atoms with Gasteiger partial charge in [0.25, 0.3) is 0 Å². The van der Waals surface area contributed by atoms with Gasteiger partial charge in [-0.1, -0.05) is 54.1 Å². The first kappa shape index (κ1) is 25.2. The van der Waals surface area contributed by atoms with Crippen LogP contribution in [-0.4, -0.2) is 28.9 Å². The summed E-state index contributed by atoms with van der Waals surface area (Å²) in [4.78, 5) is 19.9. The zero-order chi connectivity index (χ0) is 26.0. The molecule has 1 aliphatic heterocycles. The Morgan fingerprint density at radius 2 is 1.70 bits per heavy atom. The Hall–Kier alpha value is -3.42. The number of anilines is 1. The number of halogens is 4. The number of aromatic nitrogens is 1. The van der Waals surface area contributed by atoms with Crippen molar-refractivity contribution in [3.8, 4) is 11.1 Å². The number of rotatable bonds is 5. The van der Waals surface area contributed by atoms with Crippen LogP contribution in [-0.2, 0) is 17.5 Å². The molecule has 4 nitrogen and oxygen atoms in total. The molecule has 0 bridgehead atoms. The Bertz CT molecular complexity index is 1430. The lowest BCUT2D eigenvalue weighted by molar-refractivity contribution is -0.137. The van der Waals surface area contributed by atoms with Gasteiger partial charge in [0, 0.05) is 29.7 Å². The van der Waals surface area contributed by atoms with Gasteiger partial charge in [0.2, 0.25) is 5.91 Å². The lowest BCUT2D eigenvalue weighted by Gasteiger charge is -2.31. The van der Waals surface area contributed by atoms with Crippen LogP contribution in [0.1, 0.15) is 24.0 Å². The van der Waals surface area contributed by atoms with Crippen LogP contribution in [0.2, 0.25) is 5.02 Å². The van der Waals surface area contributed by atoms with Crippen LogP contribution < -0.4 is 5.32 Å². The van der Waals surface area contributed by atoms with E-state index in [1.165, 1.54) is 11.6 Å². The van der Waals surface area contributed by atoms with E-state index in [9.17, 15) is 18.0 Å². The highest BCUT2D eigenvalue weighted by atomic mass is 35.5. The molecule has 1 fully saturated rings. The summed E-state index contributed by atoms with van der Waals surface area (Å²) in [6.45, 7) is 2.38. The molecule has 3 aromatic carbocycles. The molecule has 0 saturated carbocycles. The maximum Gasteiger partial charge on any atom is 0.417 e. The highest BCUT2D eigenvalue weighted by Gasteiger charge is 2.33. The average Bonchev–Trinajstić information content (AvgIpc) is 2.89. The van der Waals surface area contributed by atoms with Crippen molar-refractivity contribution in [1.82, 2.24) is 9.88 Å². The van der Waals surface area contributed by atoms with Gasteiger partial charge in [0.1, 0.15) is 0 Å². The number of nitrogens with one attached hydrogen (secondary N) is 1. The maximum absolute atomic E-state index is 13.3. The van der Waals surface area contributed by atoms with Gasteiger partial charge < -0.3 is 5.32 Å². The number of pyridine rings is 1. The number of carbonyl (C=O) groups is 1. The minimum atomic E-state index is -4.54. The third-order valence-electron chi connectivity index (χ3n) is 6.80. The Balaban J connectivity index is 1.21. The minimum absolute atomic E-state index is 0.0734. The Kier molecular flexibility index (Phi) is 7.17. The van der Waals surface area contributed by atoms with Crippen LogP contribution in [0.25, 0.3) is 22.0 Å². The number of carbonyl (C=O) groups excluding carboxylic acids is 1. The van der Waals surface area contributed by atoms with Gasteiger partial charge in [-0.2, -0.15) is 13.2 Å². The van der Waals surface area contributed by atoms with E-state index in [-0.39, 0.29) is 16.8 Å². The van der Waals surface area contributed by atoms with E-state index in [0.29, 0.717) is 16.8 Å². The fourth-order valence-electron chi connectivity index (χ4n) is 4.83. The van der Waals surface area contributed by atoms with Crippen LogP contribution >= 0.6 is 11.6 Å². The summed E-state index contributed by atoms with van der Waals surface area (Å²) in [7, 11) is 0. The van der Waals surface area contributed by atoms with Crippen LogP contribution in [0.5, 0.6) is 0 Å². The monoisotopic (exact) mass is 523 g/mol. The van der Waals surface area contributed by atoms with Crippen LogP contribution in [0.15, 0.2) is 79.0 Å². The van der Waals surface area contributed by atoms with Crippen LogP contribution in [0.3, 0.4) is 0 Å². The number of likely N-dealkylation sites (tertiary alicyclic amines) is 1. The molecule has 0 spiro atoms. The van der Waals surface area contributed by atoms with E-state index in [0.717, 1.165) is 49.4 Å². The second kappa shape index (κ2) is 10.5. The molecule has 1 aliphatic rings. The third-order valence-corrected chi connectivity index (χ3v) is 7.13. The third kappa shape index (κ3) is 5.78. The van der Waals surface area contributed by atoms with Gasteiger partial charge in [-0.15, -0.1) is 0 Å². The second-order valence-electron chi connectivity index (χ2n) is 9.31. The van der Waals surface area contributed by atoms with Crippen LogP contribution in [0, 0.1) is 5.92 Å². The Labute approximate surface area is 218 Å². The molecule has 1 saturated heterocycles. The van der Waals surface area contributed by atoms with Gasteiger partial charge in [-0.05, 0) is 73.0 Å². The first-order chi connectivity index (χ1) is 17.8. The molecule has 8 heteroatoms. The van der Waals surface area contributed by atoms with Crippen molar-refractivity contribution in [2.75, 3.05) is 18.4 Å². The summed E-state index contributed by atoms with van der Waals surface area (Å²) in [5.41, 5.74) is 2.80. The predicted molar refractivity (Wildman–Crippen MR) is 140 cm³/mol. The molecule has 5 rings (SSSR count). The highest BCUT2D eigenvalue weighted by Crippen LogP contribution is 2.37. The fraction of sp³-hybridized carbons (Fsp3) is 0.241. The van der Waals surface area contributed by atoms with Crippen molar-refractivity contribution in [2.24, 2.45) is 5.92 Å². The van der Waals surface area contributed by atoms with Gasteiger partial charge in [0.05, 0.1) is 16.1 Å². The lowest BCUT2D eigenvalue weighted by atomic mass is 9.95. The van der Waals surface area contributed by atoms with Crippen molar-refractivity contribution in [3.63, 3.8) is 0 Å². The smallest absolute Gasteiger partial charge is 0.326 e. The highest BCUT2D eigenvalue weighted by molar-refractivity contribution is 6.31. The Morgan fingerprint density at radius 3 is 2.49 bits per heavy atom. The van der Waals surface area contributed by atoms with E-state index in [1.54, 1.807) is 36.5 Å². The normalized spacial score (nSPS) is 15.1. The summed E-state index contributed by atoms with van der Waals surface area (Å²) in [6.07, 6.45) is -1.27. The van der Waals surface area contributed by atoms with Gasteiger partial charge in [-0.25, -0.2) is 0 Å². The molecule has 37 heavy (non-hydrogen) atoms. The van der Waals surface area contributed by atoms with E-state index in [2.05, 4.69) is 33.4 Å². The molecule has 0 unspecified atom stereocenters. The molecule has 1 aromatic heterocycles. The number of benzene rings is 3. The zero-order valence-corrected chi connectivity index (χ0v) is 20.7. The standard InChI is InChI=1S/C29H25ClF3N3O/c30-26-10-9-22(17-25(26)29(31,32)33)21-5-2-8-24(16-21)35-28(37)20-11-14-36(15-12-20)18-23-6-1-4-19-7-3-13-34-27(19)23/h1-10,13,16-17,20H,11-12,14-15,18H2,(H,35,37). The molecule has 1 N–H and O–H groups in total. The summed E-state index contributed by atoms with van der Waals surface area (Å²) in [5.74, 6) is -0.200. The van der Waals surface area contributed by atoms with Crippen molar-refractivity contribution in [2.45, 2.75) is 25.6 Å². The van der Waals surface area contributed by atoms with Gasteiger partial charge >= 0.3 is 6.18 Å². The van der Waals surface area contributed by atoms with Gasteiger partial charge in [0.15, 0.2) is 0 Å². The van der Waals surface area contributed by atoms with E-state index < -0.39 is 11.7 Å². The molecule has 0 atom stereocenters. The van der Waals surface area contributed by atoms with Crippen molar-refractivity contribution in [1.29, 1.82) is 0 Å². The number of piperidine rings is 1. The maximum atomic E-state index is 13.3. The molecule has 4 aromatic rings. The Morgan fingerprint density at radius 1 is 0.973 bits per heavy atom. The first-order valence-corrected chi connectivity index (χ1v) is 12.5. The van der Waals surface area contributed by atoms with Crippen molar-refractivity contribution < 1.29 is 18.0 Å². The summed E-state index contributed by atoms with van der Waals surface area (Å²) in [6, 6.07) is 20.8. The SMILES string of the molecule is O=C(Nc1cccc(-c2ccc(Cl)c(C(F)(F)F)c2)c1)C1CCN(Cc2cccc3cccnc23)CC1. The van der Waals surface area contributed by atoms with Crippen molar-refractivity contribution >= 4 is 34.1 Å². The molecule has 0 aliphatic carbocycles. The second-order valence-corrected chi connectivity index (χ2v) is 9.71. The quantitative estimate of drug-likeness (QED) is 0.296. The number of hydrogen-bond donors (Lipinski definition) is 1. The van der Waals surface area contributed by atoms with E-state index in [4.69, 9.17) is 11.6 Å². The number of nitrogens with zero attached hydrogens (tertiary/aromatic N) is 2. The number of para-hydroxylation sites is 1. The lowest BCUT2D eigenvalue weighted by Crippen LogP contribution is -2.37. The summed E-state index contributed by atoms with van der Waals surface area (Å²) < 4.78 is 39.8. The predicted octanol–water partition coefficient (Wildman–Crippen LogP) is 7.42. The fourth-order valence-corrected chi connectivity index (χ4v) is 5.06. The molecular formula is C29H25ClF3N3O. The first-order valence-electron chi connectivity index (χ1n) is 12.1. The zero-order valence-electron chi connectivity index (χ0n) is 19.9. The summed E-state index contributed by atoms with van der Waals surface area (Å²) in [5, 5.41) is 3.72. The summed E-state index contributed by atoms with van der Waals surface area (Å²) >= 11 is 5.75. The minimum Gasteiger partial charge on any atom is -0.326 e. The molecule has 2 heterocycles. The average molecular weight is 524 g/mol. The number of amides is 1. The van der Waals surface area contributed by atoms with E-state index in [1.807, 2.05) is 12.1 Å². The number of alkyl halides is 3. The van der Waals surface area contributed by atoms with E-state index >= 15 is 0 Å².